The molecule has 0 aliphatic carbocycles. The molecule has 1 atom stereocenters. The third-order valence-corrected chi connectivity index (χ3v) is 34.1. The van der Waals surface area contributed by atoms with Gasteiger partial charge in [-0.15, -0.1) is 34.0 Å². The van der Waals surface area contributed by atoms with E-state index >= 15 is 0 Å². The lowest BCUT2D eigenvalue weighted by atomic mass is 9.83. The molecule has 29 aromatic rings. The monoisotopic (exact) mass is 1920 g/mol. The third kappa shape index (κ3) is 15.8. The van der Waals surface area contributed by atoms with Gasteiger partial charge in [-0.25, -0.2) is 0 Å². The Morgan fingerprint density at radius 3 is 0.803 bits per heavy atom. The van der Waals surface area contributed by atoms with Crippen LogP contribution in [0.15, 0.2) is 528 Å². The van der Waals surface area contributed by atoms with E-state index in [4.69, 9.17) is 0 Å². The molecule has 0 radical (unpaired) electrons. The van der Waals surface area contributed by atoms with Crippen LogP contribution < -0.4 is 0 Å². The van der Waals surface area contributed by atoms with E-state index in [1.54, 1.807) is 0 Å². The van der Waals surface area contributed by atoms with Gasteiger partial charge in [-0.3, -0.25) is 0 Å². The van der Waals surface area contributed by atoms with Crippen LogP contribution in [-0.2, 0) is 0 Å². The lowest BCUT2D eigenvalue weighted by molar-refractivity contribution is 0.734. The molecule has 0 N–H and O–H groups in total. The van der Waals surface area contributed by atoms with Gasteiger partial charge in [0.15, 0.2) is 0 Å². The molecule has 1 unspecified atom stereocenters. The number of hydrogen-bond acceptors (Lipinski definition) is 3. The molecule has 0 saturated carbocycles. The van der Waals surface area contributed by atoms with E-state index in [1.807, 2.05) is 34.0 Å². The van der Waals surface area contributed by atoms with Crippen LogP contribution in [0.2, 0.25) is 0 Å². The van der Waals surface area contributed by atoms with Crippen molar-refractivity contribution in [3.8, 4) is 134 Å². The molecule has 29 rings (SSSR count). The van der Waals surface area contributed by atoms with Gasteiger partial charge in [0, 0.05) is 60.5 Å². The van der Waals surface area contributed by atoms with E-state index in [0.717, 1.165) is 6.42 Å². The molecule has 0 amide bonds. The minimum Gasteiger partial charge on any atom is -0.135 e. The molecule has 0 bridgehead atoms. The van der Waals surface area contributed by atoms with Crippen molar-refractivity contribution in [3.05, 3.63) is 533 Å². The van der Waals surface area contributed by atoms with Gasteiger partial charge in [0.1, 0.15) is 0 Å². The van der Waals surface area contributed by atoms with Crippen molar-refractivity contribution in [3.63, 3.8) is 0 Å². The standard InChI is InChI=1S/2C48H30S.C48H36S/c1-2-14-32(15-3-1)46-40-21-6-7-22-41(40)47(39-24-11-16-31-13-4-5-19-36(31)39)44-30-34(27-28-42(44)46)33-17-10-18-35(29-33)37-23-12-25-43-38-20-8-9-26-45(38)49-48(37)43;1-2-13-32(14-3-1)46-40-19-6-7-20-41(40)47(37-25-24-31-12-4-5-15-33(31)29-37)44-30-35(26-27-42(44)46)34-16-10-17-36(28-34)38-21-11-22-43-39-18-8-9-23-45(39)49-48(38)43;1-3-31(2)32-23-25-34(26-24-32)47-41-19-8-7-18-40(41)46(33-13-5-4-6-14-33)42-28-27-36(30-44(42)47)35-15-11-16-37(29-35)38-20-12-21-43-39-17-9-10-22-45(39)49-48(38)43/h2*1-30H;4-31H,3H2,1-2H3. The van der Waals surface area contributed by atoms with Gasteiger partial charge in [-0.1, -0.05) is 481 Å². The second-order valence-electron chi connectivity index (χ2n) is 38.9. The van der Waals surface area contributed by atoms with E-state index in [1.165, 1.54) is 286 Å². The summed E-state index contributed by atoms with van der Waals surface area (Å²) in [7, 11) is 0. The second-order valence-corrected chi connectivity index (χ2v) is 42.0. The molecule has 0 saturated heterocycles. The van der Waals surface area contributed by atoms with E-state index in [2.05, 4.69) is 542 Å². The summed E-state index contributed by atoms with van der Waals surface area (Å²) in [5.74, 6) is 0.542. The van der Waals surface area contributed by atoms with Gasteiger partial charge in [-0.05, 0) is 298 Å². The summed E-state index contributed by atoms with van der Waals surface area (Å²) in [5.41, 5.74) is 31.5. The number of hydrogen-bond donors (Lipinski definition) is 0. The number of fused-ring (bicyclic) bond motifs is 17. The van der Waals surface area contributed by atoms with E-state index < -0.39 is 0 Å². The summed E-state index contributed by atoms with van der Waals surface area (Å²) in [6, 6.07) is 195. The SMILES string of the molecule is CCC(C)c1ccc(-c2c3ccccc3c(-c3ccccc3)c3ccc(-c4cccc(-c5cccc6c5sc5ccccc56)c4)cc23)cc1.c1ccc(-c2c3ccccc3c(-c3ccc4ccccc4c3)c3cc(-c4cccc(-c5cccc6c5sc5ccccc56)c4)ccc23)cc1.c1ccc(-c2c3ccccc3c(-c3cccc4ccccc34)c3cc(-c4cccc(-c5cccc6c5sc5ccccc56)c4)ccc23)cc1. The zero-order valence-corrected chi connectivity index (χ0v) is 83.7. The quantitative estimate of drug-likeness (QED) is 0.0952. The first-order valence-corrected chi connectivity index (χ1v) is 53.5. The molecule has 26 aromatic carbocycles. The zero-order chi connectivity index (χ0) is 97.5. The summed E-state index contributed by atoms with van der Waals surface area (Å²) in [6.45, 7) is 4.58. The molecule has 3 heterocycles. The average molecular weight is 1920 g/mol. The normalized spacial score (nSPS) is 11.9. The first kappa shape index (κ1) is 88.4. The molecule has 0 nitrogen and oxygen atoms in total. The van der Waals surface area contributed by atoms with Crippen molar-refractivity contribution < 1.29 is 0 Å². The molecule has 0 fully saturated rings. The average Bonchev–Trinajstić information content (AvgIpc) is 1.42. The molecular weight excluding hydrogens is 1830 g/mol. The van der Waals surface area contributed by atoms with Crippen molar-refractivity contribution in [1.82, 2.24) is 0 Å². The maximum atomic E-state index is 2.44. The summed E-state index contributed by atoms with van der Waals surface area (Å²) in [4.78, 5) is 0. The fraction of sp³-hybridized carbons (Fsp3) is 0.0278. The van der Waals surface area contributed by atoms with Gasteiger partial charge in [-0.2, -0.15) is 0 Å². The Hall–Kier alpha value is -17.5. The highest BCUT2D eigenvalue weighted by Gasteiger charge is 2.26. The lowest BCUT2D eigenvalue weighted by Crippen LogP contribution is -1.93. The molecule has 3 heteroatoms. The summed E-state index contributed by atoms with van der Waals surface area (Å²) in [5, 5.41) is 28.3. The van der Waals surface area contributed by atoms with E-state index in [0.29, 0.717) is 5.92 Å². The summed E-state index contributed by atoms with van der Waals surface area (Å²) in [6.07, 6.45) is 1.14. The van der Waals surface area contributed by atoms with Gasteiger partial charge in [0.2, 0.25) is 0 Å². The maximum Gasteiger partial charge on any atom is 0.0433 e. The van der Waals surface area contributed by atoms with Crippen LogP contribution in [0.1, 0.15) is 31.7 Å². The number of benzene rings is 26. The minimum atomic E-state index is 0.542. The highest BCUT2D eigenvalue weighted by atomic mass is 32.1. The second kappa shape index (κ2) is 37.6. The highest BCUT2D eigenvalue weighted by molar-refractivity contribution is 7.27. The van der Waals surface area contributed by atoms with Gasteiger partial charge < -0.3 is 0 Å². The Labute approximate surface area is 866 Å². The minimum absolute atomic E-state index is 0.542. The third-order valence-electron chi connectivity index (χ3n) is 30.5. The van der Waals surface area contributed by atoms with Crippen molar-refractivity contribution in [2.45, 2.75) is 26.2 Å². The van der Waals surface area contributed by atoms with Crippen LogP contribution in [0.3, 0.4) is 0 Å². The van der Waals surface area contributed by atoms with Crippen LogP contribution in [0, 0.1) is 0 Å². The fourth-order valence-electron chi connectivity index (χ4n) is 23.3. The Morgan fingerprint density at radius 1 is 0.150 bits per heavy atom. The predicted molar refractivity (Wildman–Crippen MR) is 642 cm³/mol. The number of thiophene rings is 3. The largest absolute Gasteiger partial charge is 0.135 e. The summed E-state index contributed by atoms with van der Waals surface area (Å²) >= 11 is 5.67. The van der Waals surface area contributed by atoms with Crippen LogP contribution in [0.4, 0.5) is 0 Å². The fourth-order valence-corrected chi connectivity index (χ4v) is 27.0. The van der Waals surface area contributed by atoms with Gasteiger partial charge >= 0.3 is 0 Å². The van der Waals surface area contributed by atoms with Crippen molar-refractivity contribution >= 4 is 181 Å². The van der Waals surface area contributed by atoms with Crippen molar-refractivity contribution in [1.29, 1.82) is 0 Å². The molecule has 3 aromatic heterocycles. The molecule has 0 aliphatic heterocycles. The maximum absolute atomic E-state index is 2.44. The first-order valence-electron chi connectivity index (χ1n) is 51.0. The van der Waals surface area contributed by atoms with Crippen molar-refractivity contribution in [2.75, 3.05) is 0 Å². The smallest absolute Gasteiger partial charge is 0.0433 e. The molecule has 0 spiro atoms. The van der Waals surface area contributed by atoms with Gasteiger partial charge in [0.05, 0.1) is 0 Å². The topological polar surface area (TPSA) is 0 Å². The van der Waals surface area contributed by atoms with Gasteiger partial charge in [0.25, 0.3) is 0 Å². The number of rotatable bonds is 14. The van der Waals surface area contributed by atoms with Crippen LogP contribution in [0.25, 0.3) is 280 Å². The Morgan fingerprint density at radius 2 is 0.401 bits per heavy atom. The first-order chi connectivity index (χ1) is 72.8. The zero-order valence-electron chi connectivity index (χ0n) is 81.2. The van der Waals surface area contributed by atoms with Crippen LogP contribution in [-0.4, -0.2) is 0 Å². The molecule has 690 valence electrons. The van der Waals surface area contributed by atoms with Crippen LogP contribution in [0.5, 0.6) is 0 Å². The lowest BCUT2D eigenvalue weighted by Gasteiger charge is -2.20. The molecule has 147 heavy (non-hydrogen) atoms. The molecule has 0 aliphatic rings. The predicted octanol–water partition coefficient (Wildman–Crippen LogP) is 42.9. The Bertz CT molecular complexity index is 10200. The van der Waals surface area contributed by atoms with Crippen molar-refractivity contribution in [2.24, 2.45) is 0 Å². The summed E-state index contributed by atoms with van der Waals surface area (Å²) < 4.78 is 8.04. The van der Waals surface area contributed by atoms with E-state index in [9.17, 15) is 0 Å². The Balaban J connectivity index is 0.000000109. The van der Waals surface area contributed by atoms with Crippen LogP contribution >= 0.6 is 34.0 Å². The Kier molecular flexibility index (Phi) is 22.6. The highest BCUT2D eigenvalue weighted by Crippen LogP contribution is 2.53. The van der Waals surface area contributed by atoms with E-state index in [-0.39, 0.29) is 0 Å². The molecular formula is C144H96S3.